The Labute approximate surface area is 334 Å². The maximum atomic E-state index is 17.7. The zero-order valence-electron chi connectivity index (χ0n) is 33.1. The molecule has 1 saturated heterocycles. The summed E-state index contributed by atoms with van der Waals surface area (Å²) in [5, 5.41) is 2.55. The van der Waals surface area contributed by atoms with Gasteiger partial charge >= 0.3 is 6.18 Å². The summed E-state index contributed by atoms with van der Waals surface area (Å²) in [4.78, 5) is 28.2. The SMILES string of the molecule is CNC(=O)c1cnc(N2CCC(c3nc4c(c(C5CCC(F)(F)CC5)c3[C@@H](F)c3ccc(C(F)(F)F)cc3)[C@@H](OCc3ccc(OC)cc3)CC(C)(C)C4)CC2)nc1. The van der Waals surface area contributed by atoms with Crippen LogP contribution in [0.4, 0.5) is 32.3 Å². The van der Waals surface area contributed by atoms with Crippen molar-refractivity contribution in [1.29, 1.82) is 0 Å². The number of methoxy groups -OCH3 is 1. The minimum atomic E-state index is -4.61. The van der Waals surface area contributed by atoms with Crippen LogP contribution in [0.2, 0.25) is 0 Å². The van der Waals surface area contributed by atoms with Crippen molar-refractivity contribution in [2.75, 3.05) is 32.1 Å². The first-order chi connectivity index (χ1) is 27.6. The maximum Gasteiger partial charge on any atom is 0.416 e. The zero-order chi connectivity index (χ0) is 41.4. The summed E-state index contributed by atoms with van der Waals surface area (Å²) in [5.41, 5.74) is 2.94. The third-order valence-electron chi connectivity index (χ3n) is 11.9. The van der Waals surface area contributed by atoms with Crippen LogP contribution in [-0.4, -0.2) is 54.0 Å². The Morgan fingerprint density at radius 3 is 2.16 bits per heavy atom. The van der Waals surface area contributed by atoms with Crippen molar-refractivity contribution in [1.82, 2.24) is 20.3 Å². The summed E-state index contributed by atoms with van der Waals surface area (Å²) in [6.07, 6.45) is -2.42. The molecule has 310 valence electrons. The molecule has 2 aromatic carbocycles. The van der Waals surface area contributed by atoms with Crippen LogP contribution < -0.4 is 15.0 Å². The van der Waals surface area contributed by atoms with Gasteiger partial charge in [0.15, 0.2) is 6.17 Å². The lowest BCUT2D eigenvalue weighted by Gasteiger charge is -2.42. The highest BCUT2D eigenvalue weighted by Crippen LogP contribution is 2.53. The molecule has 1 amide bonds. The van der Waals surface area contributed by atoms with Crippen molar-refractivity contribution in [3.63, 3.8) is 0 Å². The topological polar surface area (TPSA) is 89.5 Å². The summed E-state index contributed by atoms with van der Waals surface area (Å²) in [7, 11) is 3.11. The fourth-order valence-corrected chi connectivity index (χ4v) is 8.84. The first kappa shape index (κ1) is 41.4. The first-order valence-electron chi connectivity index (χ1n) is 19.8. The predicted molar refractivity (Wildman–Crippen MR) is 207 cm³/mol. The number of halogens is 6. The number of ether oxygens (including phenoxy) is 2. The number of hydrogen-bond acceptors (Lipinski definition) is 7. The van der Waals surface area contributed by atoms with Crippen molar-refractivity contribution < 1.29 is 40.6 Å². The average Bonchev–Trinajstić information content (AvgIpc) is 3.21. The van der Waals surface area contributed by atoms with Gasteiger partial charge in [0.2, 0.25) is 11.9 Å². The molecule has 2 aromatic heterocycles. The highest BCUT2D eigenvalue weighted by atomic mass is 19.4. The second-order valence-corrected chi connectivity index (χ2v) is 16.6. The molecule has 8 nitrogen and oxygen atoms in total. The molecule has 2 atom stereocenters. The molecule has 1 aliphatic heterocycles. The minimum absolute atomic E-state index is 0.0345. The Hall–Kier alpha value is -4.72. The number of aromatic nitrogens is 3. The Bertz CT molecular complexity index is 2060. The molecule has 2 fully saturated rings. The molecule has 3 heterocycles. The number of hydrogen-bond donors (Lipinski definition) is 1. The fraction of sp³-hybridized carbons (Fsp3) is 0.500. The Morgan fingerprint density at radius 2 is 1.57 bits per heavy atom. The van der Waals surface area contributed by atoms with Gasteiger partial charge in [-0.3, -0.25) is 9.78 Å². The molecule has 0 radical (unpaired) electrons. The zero-order valence-corrected chi connectivity index (χ0v) is 33.1. The first-order valence-corrected chi connectivity index (χ1v) is 19.8. The van der Waals surface area contributed by atoms with Gasteiger partial charge in [0.25, 0.3) is 5.91 Å². The number of carbonyl (C=O) groups excluding carboxylic acids is 1. The summed E-state index contributed by atoms with van der Waals surface area (Å²) in [5.74, 6) is -2.73. The summed E-state index contributed by atoms with van der Waals surface area (Å²) < 4.78 is 100. The highest BCUT2D eigenvalue weighted by Gasteiger charge is 2.44. The van der Waals surface area contributed by atoms with Gasteiger partial charge in [-0.1, -0.05) is 38.1 Å². The minimum Gasteiger partial charge on any atom is -0.497 e. The number of pyridine rings is 1. The number of alkyl halides is 6. The molecule has 0 spiro atoms. The molecule has 4 aromatic rings. The number of anilines is 1. The maximum absolute atomic E-state index is 17.7. The predicted octanol–water partition coefficient (Wildman–Crippen LogP) is 10.2. The number of nitrogens with zero attached hydrogens (tertiary/aromatic N) is 4. The lowest BCUT2D eigenvalue weighted by molar-refractivity contribution is -0.137. The molecule has 14 heteroatoms. The van der Waals surface area contributed by atoms with Crippen LogP contribution in [0.25, 0.3) is 0 Å². The number of piperidine rings is 1. The number of benzene rings is 2. The lowest BCUT2D eigenvalue weighted by atomic mass is 9.68. The van der Waals surface area contributed by atoms with E-state index in [1.54, 1.807) is 7.11 Å². The van der Waals surface area contributed by atoms with E-state index >= 15 is 4.39 Å². The second kappa shape index (κ2) is 16.5. The Morgan fingerprint density at radius 1 is 0.931 bits per heavy atom. The smallest absolute Gasteiger partial charge is 0.416 e. The van der Waals surface area contributed by atoms with Gasteiger partial charge in [-0.15, -0.1) is 0 Å². The van der Waals surface area contributed by atoms with E-state index < -0.39 is 35.9 Å². The average molecular weight is 810 g/mol. The van der Waals surface area contributed by atoms with Crippen molar-refractivity contribution in [2.45, 2.75) is 108 Å². The van der Waals surface area contributed by atoms with Gasteiger partial charge in [-0.2, -0.15) is 13.2 Å². The molecular formula is C44H49F6N5O3. The lowest BCUT2D eigenvalue weighted by Crippen LogP contribution is -2.36. The van der Waals surface area contributed by atoms with E-state index in [1.807, 2.05) is 29.2 Å². The van der Waals surface area contributed by atoms with E-state index in [9.17, 15) is 26.7 Å². The van der Waals surface area contributed by atoms with E-state index in [2.05, 4.69) is 29.1 Å². The molecule has 0 unspecified atom stereocenters. The van der Waals surface area contributed by atoms with Gasteiger partial charge in [0.1, 0.15) is 5.75 Å². The van der Waals surface area contributed by atoms with E-state index in [-0.39, 0.29) is 60.7 Å². The third-order valence-corrected chi connectivity index (χ3v) is 11.9. The third kappa shape index (κ3) is 8.96. The van der Waals surface area contributed by atoms with Gasteiger partial charge in [-0.05, 0) is 90.8 Å². The molecule has 0 bridgehead atoms. The number of amides is 1. The van der Waals surface area contributed by atoms with Gasteiger partial charge in [0, 0.05) is 68.1 Å². The molecular weight excluding hydrogens is 761 g/mol. The van der Waals surface area contributed by atoms with Crippen molar-refractivity contribution >= 4 is 11.9 Å². The van der Waals surface area contributed by atoms with E-state index in [0.29, 0.717) is 67.3 Å². The molecule has 7 rings (SSSR count). The van der Waals surface area contributed by atoms with E-state index in [0.717, 1.165) is 29.0 Å². The molecule has 1 saturated carbocycles. The van der Waals surface area contributed by atoms with E-state index in [1.165, 1.54) is 31.6 Å². The second-order valence-electron chi connectivity index (χ2n) is 16.6. The normalized spacial score (nSPS) is 20.3. The Kier molecular flexibility index (Phi) is 11.8. The number of rotatable bonds is 10. The van der Waals surface area contributed by atoms with Gasteiger partial charge in [0.05, 0.1) is 36.6 Å². The van der Waals surface area contributed by atoms with Crippen LogP contribution in [0.15, 0.2) is 60.9 Å². The van der Waals surface area contributed by atoms with Crippen LogP contribution in [0.5, 0.6) is 5.75 Å². The van der Waals surface area contributed by atoms with Crippen molar-refractivity contribution in [2.24, 2.45) is 5.41 Å². The monoisotopic (exact) mass is 809 g/mol. The van der Waals surface area contributed by atoms with Crippen LogP contribution in [-0.2, 0) is 23.9 Å². The molecule has 2 aliphatic carbocycles. The number of carbonyl (C=O) groups is 1. The van der Waals surface area contributed by atoms with Crippen LogP contribution in [0, 0.1) is 5.41 Å². The largest absolute Gasteiger partial charge is 0.497 e. The summed E-state index contributed by atoms with van der Waals surface area (Å²) in [6, 6.07) is 11.6. The number of nitrogens with one attached hydrogen (secondary N) is 1. The van der Waals surface area contributed by atoms with Crippen LogP contribution in [0.3, 0.4) is 0 Å². The molecule has 1 N–H and O–H groups in total. The fourth-order valence-electron chi connectivity index (χ4n) is 8.84. The quantitative estimate of drug-likeness (QED) is 0.160. The van der Waals surface area contributed by atoms with Gasteiger partial charge in [-0.25, -0.2) is 23.1 Å². The standard InChI is InChI=1S/C44H49F6N5O3/c1-42(2)21-33-36(34(22-42)58-25-26-5-11-32(57-4)12-6-26)35(27-13-17-43(46,47)18-14-27)37(38(45)28-7-9-31(10-8-28)44(48,49)50)39(54-33)29-15-19-55(20-16-29)41-52-23-30(24-53-41)40(56)51-3/h5-12,23-24,27,29,34,38H,13-22,25H2,1-4H3,(H,51,56)/t34-,38-/m0/s1. The molecule has 58 heavy (non-hydrogen) atoms. The van der Waals surface area contributed by atoms with Crippen LogP contribution in [0.1, 0.15) is 138 Å². The molecule has 3 aliphatic rings. The van der Waals surface area contributed by atoms with Crippen molar-refractivity contribution in [3.05, 3.63) is 111 Å². The van der Waals surface area contributed by atoms with Crippen molar-refractivity contribution in [3.8, 4) is 5.75 Å². The van der Waals surface area contributed by atoms with Gasteiger partial charge < -0.3 is 19.7 Å². The Balaban J connectivity index is 1.34. The highest BCUT2D eigenvalue weighted by molar-refractivity contribution is 5.93. The van der Waals surface area contributed by atoms with E-state index in [4.69, 9.17) is 14.5 Å². The summed E-state index contributed by atoms with van der Waals surface area (Å²) >= 11 is 0. The number of fused-ring (bicyclic) bond motifs is 1. The summed E-state index contributed by atoms with van der Waals surface area (Å²) in [6.45, 7) is 5.46. The van der Waals surface area contributed by atoms with Crippen LogP contribution >= 0.6 is 0 Å².